The molecular formula is C23H28FN5O. The number of nitrogens with one attached hydrogen (secondary N) is 1. The van der Waals surface area contributed by atoms with Crippen molar-refractivity contribution >= 4 is 5.96 Å². The lowest BCUT2D eigenvalue weighted by Crippen LogP contribution is -2.38. The molecule has 7 heteroatoms. The van der Waals surface area contributed by atoms with Gasteiger partial charge in [-0.15, -0.1) is 0 Å². The Morgan fingerprint density at radius 3 is 2.70 bits per heavy atom. The molecule has 0 unspecified atom stereocenters. The van der Waals surface area contributed by atoms with Gasteiger partial charge in [0, 0.05) is 39.1 Å². The maximum absolute atomic E-state index is 14.0. The van der Waals surface area contributed by atoms with E-state index in [1.165, 1.54) is 18.7 Å². The van der Waals surface area contributed by atoms with Crippen LogP contribution in [0.4, 0.5) is 4.39 Å². The normalized spacial score (nSPS) is 11.4. The molecule has 6 nitrogen and oxygen atoms in total. The number of aromatic nitrogens is 2. The molecular weight excluding hydrogens is 381 g/mol. The first kappa shape index (κ1) is 21.4. The number of hydrogen-bond acceptors (Lipinski definition) is 3. The lowest BCUT2D eigenvalue weighted by Gasteiger charge is -2.22. The number of halogens is 1. The minimum Gasteiger partial charge on any atom is -0.494 e. The average molecular weight is 410 g/mol. The lowest BCUT2D eigenvalue weighted by molar-refractivity contribution is 0.385. The van der Waals surface area contributed by atoms with Crippen molar-refractivity contribution in [2.24, 2.45) is 4.99 Å². The van der Waals surface area contributed by atoms with Gasteiger partial charge in [-0.1, -0.05) is 36.4 Å². The summed E-state index contributed by atoms with van der Waals surface area (Å²) in [6, 6.07) is 15.3. The molecule has 0 fully saturated rings. The summed E-state index contributed by atoms with van der Waals surface area (Å²) >= 11 is 0. The molecule has 0 aliphatic heterocycles. The summed E-state index contributed by atoms with van der Waals surface area (Å²) in [5.41, 5.74) is 2.05. The largest absolute Gasteiger partial charge is 0.494 e. The predicted octanol–water partition coefficient (Wildman–Crippen LogP) is 3.68. The Bertz CT molecular complexity index is 971. The highest BCUT2D eigenvalue weighted by Gasteiger charge is 2.10. The molecule has 30 heavy (non-hydrogen) atoms. The summed E-state index contributed by atoms with van der Waals surface area (Å²) in [4.78, 5) is 11.2. The van der Waals surface area contributed by atoms with Gasteiger partial charge in [0.25, 0.3) is 0 Å². The second kappa shape index (κ2) is 10.4. The highest BCUT2D eigenvalue weighted by Crippen LogP contribution is 2.18. The van der Waals surface area contributed by atoms with E-state index in [2.05, 4.69) is 27.0 Å². The van der Waals surface area contributed by atoms with E-state index < -0.39 is 0 Å². The molecule has 1 N–H and O–H groups in total. The standard InChI is InChI=1S/C23H28FN5O/c1-4-25-23(28(2)16-19-10-11-21(30-3)20(24)14-19)27-15-22-26-12-13-29(22)17-18-8-6-5-7-9-18/h5-14H,4,15-17H2,1-3H3,(H,25,27). The van der Waals surface area contributed by atoms with Gasteiger partial charge in [0.15, 0.2) is 17.5 Å². The van der Waals surface area contributed by atoms with E-state index in [1.54, 1.807) is 12.3 Å². The third-order valence-corrected chi connectivity index (χ3v) is 4.70. The molecule has 3 aromatic rings. The summed E-state index contributed by atoms with van der Waals surface area (Å²) < 4.78 is 21.1. The van der Waals surface area contributed by atoms with Crippen molar-refractivity contribution in [3.05, 3.63) is 83.7 Å². The first-order valence-corrected chi connectivity index (χ1v) is 9.96. The first-order chi connectivity index (χ1) is 14.6. The molecule has 0 atom stereocenters. The number of guanidine groups is 1. The van der Waals surface area contributed by atoms with E-state index in [4.69, 9.17) is 9.73 Å². The Morgan fingerprint density at radius 1 is 1.20 bits per heavy atom. The zero-order valence-corrected chi connectivity index (χ0v) is 17.7. The third kappa shape index (κ3) is 5.59. The van der Waals surface area contributed by atoms with Gasteiger partial charge < -0.3 is 19.5 Å². The zero-order valence-electron chi connectivity index (χ0n) is 17.7. The van der Waals surface area contributed by atoms with Crippen molar-refractivity contribution in [1.82, 2.24) is 19.8 Å². The summed E-state index contributed by atoms with van der Waals surface area (Å²) in [6.07, 6.45) is 3.76. The van der Waals surface area contributed by atoms with E-state index in [0.717, 1.165) is 30.4 Å². The van der Waals surface area contributed by atoms with Crippen molar-refractivity contribution in [3.63, 3.8) is 0 Å². The van der Waals surface area contributed by atoms with Crippen LogP contribution in [0.15, 0.2) is 65.9 Å². The van der Waals surface area contributed by atoms with Crippen LogP contribution in [0.5, 0.6) is 5.75 Å². The minimum atomic E-state index is -0.367. The highest BCUT2D eigenvalue weighted by molar-refractivity contribution is 5.79. The molecule has 0 aliphatic rings. The van der Waals surface area contributed by atoms with E-state index in [-0.39, 0.29) is 11.6 Å². The molecule has 0 spiro atoms. The van der Waals surface area contributed by atoms with E-state index in [1.807, 2.05) is 49.3 Å². The van der Waals surface area contributed by atoms with E-state index >= 15 is 0 Å². The van der Waals surface area contributed by atoms with Crippen molar-refractivity contribution < 1.29 is 9.13 Å². The van der Waals surface area contributed by atoms with Crippen LogP contribution < -0.4 is 10.1 Å². The smallest absolute Gasteiger partial charge is 0.194 e. The summed E-state index contributed by atoms with van der Waals surface area (Å²) in [6.45, 7) is 4.48. The molecule has 1 aromatic heterocycles. The molecule has 0 amide bonds. The second-order valence-electron chi connectivity index (χ2n) is 6.95. The Hall–Kier alpha value is -3.35. The number of nitrogens with zero attached hydrogens (tertiary/aromatic N) is 4. The van der Waals surface area contributed by atoms with Gasteiger partial charge in [0.1, 0.15) is 12.4 Å². The predicted molar refractivity (Wildman–Crippen MR) is 117 cm³/mol. The van der Waals surface area contributed by atoms with Crippen LogP contribution in [0.1, 0.15) is 23.9 Å². The minimum absolute atomic E-state index is 0.243. The second-order valence-corrected chi connectivity index (χ2v) is 6.95. The van der Waals surface area contributed by atoms with Gasteiger partial charge in [0.05, 0.1) is 7.11 Å². The molecule has 1 heterocycles. The quantitative estimate of drug-likeness (QED) is 0.456. The van der Waals surface area contributed by atoms with Crippen LogP contribution in [0, 0.1) is 5.82 Å². The average Bonchev–Trinajstić information content (AvgIpc) is 3.18. The number of rotatable bonds is 8. The van der Waals surface area contributed by atoms with Crippen LogP contribution in [-0.2, 0) is 19.6 Å². The van der Waals surface area contributed by atoms with Gasteiger partial charge in [-0.25, -0.2) is 14.4 Å². The SMILES string of the molecule is CCNC(=NCc1nccn1Cc1ccccc1)N(C)Cc1ccc(OC)c(F)c1. The summed E-state index contributed by atoms with van der Waals surface area (Å²) in [5.74, 6) is 1.50. The number of aliphatic imine (C=N–C) groups is 1. The van der Waals surface area contributed by atoms with E-state index in [0.29, 0.717) is 13.1 Å². The van der Waals surface area contributed by atoms with E-state index in [9.17, 15) is 4.39 Å². The van der Waals surface area contributed by atoms with Gasteiger partial charge >= 0.3 is 0 Å². The molecule has 2 aromatic carbocycles. The fourth-order valence-electron chi connectivity index (χ4n) is 3.19. The fraction of sp³-hybridized carbons (Fsp3) is 0.304. The number of benzene rings is 2. The van der Waals surface area contributed by atoms with Crippen LogP contribution in [0.2, 0.25) is 0 Å². The van der Waals surface area contributed by atoms with Crippen LogP contribution in [-0.4, -0.2) is 41.1 Å². The third-order valence-electron chi connectivity index (χ3n) is 4.70. The Kier molecular flexibility index (Phi) is 7.43. The molecule has 3 rings (SSSR count). The number of ether oxygens (including phenoxy) is 1. The molecule has 158 valence electrons. The van der Waals surface area contributed by atoms with Crippen molar-refractivity contribution in [3.8, 4) is 5.75 Å². The molecule has 0 bridgehead atoms. The Labute approximate surface area is 177 Å². The topological polar surface area (TPSA) is 54.7 Å². The lowest BCUT2D eigenvalue weighted by atomic mass is 10.2. The maximum Gasteiger partial charge on any atom is 0.194 e. The Morgan fingerprint density at radius 2 is 2.00 bits per heavy atom. The first-order valence-electron chi connectivity index (χ1n) is 9.96. The van der Waals surface area contributed by atoms with Crippen molar-refractivity contribution in [1.29, 1.82) is 0 Å². The monoisotopic (exact) mass is 409 g/mol. The molecule has 0 radical (unpaired) electrons. The van der Waals surface area contributed by atoms with Gasteiger partial charge in [-0.2, -0.15) is 0 Å². The maximum atomic E-state index is 14.0. The van der Waals surface area contributed by atoms with Crippen molar-refractivity contribution in [2.45, 2.75) is 26.6 Å². The Balaban J connectivity index is 1.70. The highest BCUT2D eigenvalue weighted by atomic mass is 19.1. The number of imidazole rings is 1. The van der Waals surface area contributed by atoms with Crippen molar-refractivity contribution in [2.75, 3.05) is 20.7 Å². The van der Waals surface area contributed by atoms with Gasteiger partial charge in [-0.05, 0) is 30.2 Å². The number of hydrogen-bond donors (Lipinski definition) is 1. The fourth-order valence-corrected chi connectivity index (χ4v) is 3.19. The molecule has 0 saturated carbocycles. The number of methoxy groups -OCH3 is 1. The summed E-state index contributed by atoms with van der Waals surface area (Å²) in [5, 5.41) is 3.29. The zero-order chi connectivity index (χ0) is 21.3. The molecule has 0 saturated heterocycles. The summed E-state index contributed by atoms with van der Waals surface area (Å²) in [7, 11) is 3.39. The van der Waals surface area contributed by atoms with Gasteiger partial charge in [0.2, 0.25) is 0 Å². The van der Waals surface area contributed by atoms with Crippen LogP contribution >= 0.6 is 0 Å². The van der Waals surface area contributed by atoms with Crippen LogP contribution in [0.25, 0.3) is 0 Å². The van der Waals surface area contributed by atoms with Gasteiger partial charge in [-0.3, -0.25) is 0 Å². The van der Waals surface area contributed by atoms with Crippen LogP contribution in [0.3, 0.4) is 0 Å². The molecule has 0 aliphatic carbocycles.